The maximum absolute atomic E-state index is 5.77. The number of hydrogen-bond donors (Lipinski definition) is 1. The van der Waals surface area contributed by atoms with Crippen LogP contribution in [0.5, 0.6) is 11.5 Å². The van der Waals surface area contributed by atoms with E-state index in [4.69, 9.17) is 19.2 Å². The Labute approximate surface area is 179 Å². The fourth-order valence-electron chi connectivity index (χ4n) is 3.62. The molecule has 152 valence electrons. The van der Waals surface area contributed by atoms with Gasteiger partial charge in [0.2, 0.25) is 0 Å². The monoisotopic (exact) mass is 489 g/mol. The van der Waals surface area contributed by atoms with Crippen molar-refractivity contribution in [2.45, 2.75) is 26.2 Å². The molecule has 27 heavy (non-hydrogen) atoms. The Morgan fingerprint density at radius 2 is 2.04 bits per heavy atom. The first-order valence-electron chi connectivity index (χ1n) is 9.62. The van der Waals surface area contributed by atoms with E-state index in [1.165, 1.54) is 12.8 Å². The third-order valence-corrected chi connectivity index (χ3v) is 5.15. The van der Waals surface area contributed by atoms with Crippen LogP contribution in [-0.2, 0) is 4.74 Å². The van der Waals surface area contributed by atoms with Crippen LogP contribution in [0.4, 0.5) is 0 Å². The average Bonchev–Trinajstić information content (AvgIpc) is 3.31. The largest absolute Gasteiger partial charge is 0.497 e. The van der Waals surface area contributed by atoms with Gasteiger partial charge in [0.15, 0.2) is 5.96 Å². The zero-order valence-electron chi connectivity index (χ0n) is 16.4. The lowest BCUT2D eigenvalue weighted by molar-refractivity contribution is 0.156. The molecule has 1 aromatic rings. The number of nitrogens with one attached hydrogen (secondary N) is 1. The molecule has 2 aliphatic rings. The van der Waals surface area contributed by atoms with Crippen molar-refractivity contribution >= 4 is 29.9 Å². The number of halogens is 1. The van der Waals surface area contributed by atoms with Gasteiger partial charge < -0.3 is 24.4 Å². The van der Waals surface area contributed by atoms with Gasteiger partial charge in [-0.2, -0.15) is 0 Å². The molecule has 7 heteroatoms. The number of ether oxygens (including phenoxy) is 3. The molecule has 1 spiro atoms. The second-order valence-corrected chi connectivity index (χ2v) is 7.09. The highest BCUT2D eigenvalue weighted by Crippen LogP contribution is 2.38. The molecule has 1 aromatic carbocycles. The number of likely N-dealkylation sites (tertiary alicyclic amines) is 1. The van der Waals surface area contributed by atoms with Crippen LogP contribution in [0, 0.1) is 5.41 Å². The lowest BCUT2D eigenvalue weighted by atomic mass is 9.87. The van der Waals surface area contributed by atoms with E-state index in [9.17, 15) is 0 Å². The van der Waals surface area contributed by atoms with Crippen molar-refractivity contribution in [3.8, 4) is 11.5 Å². The van der Waals surface area contributed by atoms with Crippen molar-refractivity contribution < 1.29 is 14.2 Å². The van der Waals surface area contributed by atoms with Crippen molar-refractivity contribution in [3.05, 3.63) is 24.3 Å². The van der Waals surface area contributed by atoms with E-state index in [0.717, 1.165) is 63.3 Å². The van der Waals surface area contributed by atoms with Gasteiger partial charge in [0.05, 0.1) is 20.3 Å². The van der Waals surface area contributed by atoms with Gasteiger partial charge in [0.1, 0.15) is 11.5 Å². The molecule has 1 unspecified atom stereocenters. The van der Waals surface area contributed by atoms with Gasteiger partial charge in [0, 0.05) is 44.6 Å². The number of rotatable bonds is 7. The zero-order valence-corrected chi connectivity index (χ0v) is 18.7. The van der Waals surface area contributed by atoms with Gasteiger partial charge >= 0.3 is 0 Å². The highest BCUT2D eigenvalue weighted by Gasteiger charge is 2.42. The van der Waals surface area contributed by atoms with Gasteiger partial charge in [-0.15, -0.1) is 24.0 Å². The van der Waals surface area contributed by atoms with E-state index in [1.54, 1.807) is 7.11 Å². The lowest BCUT2D eigenvalue weighted by Gasteiger charge is -2.25. The first-order valence-corrected chi connectivity index (χ1v) is 9.62. The van der Waals surface area contributed by atoms with Crippen LogP contribution >= 0.6 is 24.0 Å². The number of nitrogens with zero attached hydrogens (tertiary/aromatic N) is 2. The highest BCUT2D eigenvalue weighted by atomic mass is 127. The maximum Gasteiger partial charge on any atom is 0.193 e. The molecule has 2 saturated heterocycles. The third-order valence-electron chi connectivity index (χ3n) is 5.15. The summed E-state index contributed by atoms with van der Waals surface area (Å²) in [6, 6.07) is 7.68. The lowest BCUT2D eigenvalue weighted by Crippen LogP contribution is -2.41. The predicted octanol–water partition coefficient (Wildman–Crippen LogP) is 3.16. The van der Waals surface area contributed by atoms with Gasteiger partial charge in [-0.05, 0) is 44.0 Å². The van der Waals surface area contributed by atoms with E-state index in [1.807, 2.05) is 24.3 Å². The molecular formula is C20H32IN3O3. The van der Waals surface area contributed by atoms with Crippen LogP contribution in [0.2, 0.25) is 0 Å². The number of guanidine groups is 1. The normalized spacial score (nSPS) is 22.0. The van der Waals surface area contributed by atoms with E-state index in [-0.39, 0.29) is 24.0 Å². The summed E-state index contributed by atoms with van der Waals surface area (Å²) in [5, 5.41) is 3.43. The molecule has 3 rings (SSSR count). The first kappa shape index (κ1) is 22.1. The summed E-state index contributed by atoms with van der Waals surface area (Å²) >= 11 is 0. The van der Waals surface area contributed by atoms with E-state index < -0.39 is 0 Å². The van der Waals surface area contributed by atoms with Gasteiger partial charge in [-0.1, -0.05) is 0 Å². The van der Waals surface area contributed by atoms with Gasteiger partial charge in [-0.3, -0.25) is 4.99 Å². The standard InChI is InChI=1S/C20H31N3O3.HI/c1-3-21-19(23-12-9-20(15-23)10-14-25-16-20)22-11-4-13-26-18-7-5-17(24-2)6-8-18;/h5-8H,3-4,9-16H2,1-2H3,(H,21,22);1H. The number of hydrogen-bond acceptors (Lipinski definition) is 4. The van der Waals surface area contributed by atoms with Crippen molar-refractivity contribution in [3.63, 3.8) is 0 Å². The summed E-state index contributed by atoms with van der Waals surface area (Å²) in [4.78, 5) is 7.19. The zero-order chi connectivity index (χ0) is 18.2. The van der Waals surface area contributed by atoms with Crippen molar-refractivity contribution in [1.82, 2.24) is 10.2 Å². The summed E-state index contributed by atoms with van der Waals surface area (Å²) in [5.41, 5.74) is 0.355. The Kier molecular flexibility index (Phi) is 8.95. The van der Waals surface area contributed by atoms with Crippen LogP contribution in [0.3, 0.4) is 0 Å². The van der Waals surface area contributed by atoms with E-state index in [0.29, 0.717) is 12.0 Å². The smallest absolute Gasteiger partial charge is 0.193 e. The van der Waals surface area contributed by atoms with Gasteiger partial charge in [0.25, 0.3) is 0 Å². The molecule has 0 amide bonds. The minimum absolute atomic E-state index is 0. The molecule has 2 fully saturated rings. The number of aliphatic imine (C=N–C) groups is 1. The molecule has 2 heterocycles. The van der Waals surface area contributed by atoms with Crippen LogP contribution in [0.25, 0.3) is 0 Å². The second-order valence-electron chi connectivity index (χ2n) is 7.09. The molecular weight excluding hydrogens is 457 g/mol. The quantitative estimate of drug-likeness (QED) is 0.276. The van der Waals surface area contributed by atoms with Crippen LogP contribution in [0.15, 0.2) is 29.3 Å². The Morgan fingerprint density at radius 1 is 1.26 bits per heavy atom. The summed E-state index contributed by atoms with van der Waals surface area (Å²) in [7, 11) is 1.66. The van der Waals surface area contributed by atoms with E-state index >= 15 is 0 Å². The minimum Gasteiger partial charge on any atom is -0.497 e. The molecule has 2 aliphatic heterocycles. The molecule has 0 radical (unpaired) electrons. The summed E-state index contributed by atoms with van der Waals surface area (Å²) in [5.74, 6) is 2.73. The fraction of sp³-hybridized carbons (Fsp3) is 0.650. The molecule has 6 nitrogen and oxygen atoms in total. The summed E-state index contributed by atoms with van der Waals surface area (Å²) in [6.07, 6.45) is 3.28. The van der Waals surface area contributed by atoms with Crippen molar-refractivity contribution in [2.75, 3.05) is 53.1 Å². The molecule has 0 saturated carbocycles. The predicted molar refractivity (Wildman–Crippen MR) is 119 cm³/mol. The number of benzene rings is 1. The third kappa shape index (κ3) is 6.14. The fourth-order valence-corrected chi connectivity index (χ4v) is 3.62. The highest BCUT2D eigenvalue weighted by molar-refractivity contribution is 14.0. The average molecular weight is 489 g/mol. The van der Waals surface area contributed by atoms with Gasteiger partial charge in [-0.25, -0.2) is 0 Å². The molecule has 0 aliphatic carbocycles. The second kappa shape index (κ2) is 10.9. The van der Waals surface area contributed by atoms with Crippen LogP contribution in [0.1, 0.15) is 26.2 Å². The van der Waals surface area contributed by atoms with Crippen molar-refractivity contribution in [1.29, 1.82) is 0 Å². The Balaban J connectivity index is 0.00000261. The van der Waals surface area contributed by atoms with E-state index in [2.05, 4.69) is 17.1 Å². The first-order chi connectivity index (χ1) is 12.7. The summed E-state index contributed by atoms with van der Waals surface area (Å²) < 4.78 is 16.6. The topological polar surface area (TPSA) is 55.3 Å². The Hall–Kier alpha value is -1.22. The molecule has 1 atom stereocenters. The molecule has 0 aromatic heterocycles. The molecule has 0 bridgehead atoms. The van der Waals surface area contributed by atoms with Crippen molar-refractivity contribution in [2.24, 2.45) is 10.4 Å². The minimum atomic E-state index is 0. The maximum atomic E-state index is 5.77. The number of methoxy groups -OCH3 is 1. The Bertz CT molecular complexity index is 589. The van der Waals surface area contributed by atoms with Crippen LogP contribution < -0.4 is 14.8 Å². The SMILES string of the molecule is CCNC(=NCCCOc1ccc(OC)cc1)N1CCC2(CCOC2)C1.I. The van der Waals surface area contributed by atoms with Crippen LogP contribution in [-0.4, -0.2) is 64.0 Å². The summed E-state index contributed by atoms with van der Waals surface area (Å²) in [6.45, 7) is 8.36. The Morgan fingerprint density at radius 3 is 2.70 bits per heavy atom. The molecule has 1 N–H and O–H groups in total.